The van der Waals surface area contributed by atoms with Crippen LogP contribution in [-0.2, 0) is 28.6 Å². The molecule has 0 saturated carbocycles. The van der Waals surface area contributed by atoms with Crippen molar-refractivity contribution < 1.29 is 28.6 Å². The van der Waals surface area contributed by atoms with Crippen LogP contribution >= 0.6 is 0 Å². The molecule has 0 spiro atoms. The predicted octanol–water partition coefficient (Wildman–Crippen LogP) is 22.4. The molecule has 0 amide bonds. The summed E-state index contributed by atoms with van der Waals surface area (Å²) in [5.41, 5.74) is 0. The van der Waals surface area contributed by atoms with Gasteiger partial charge in [0.05, 0.1) is 0 Å². The van der Waals surface area contributed by atoms with Crippen molar-refractivity contribution in [2.24, 2.45) is 0 Å². The van der Waals surface area contributed by atoms with E-state index in [4.69, 9.17) is 14.2 Å². The molecule has 0 aliphatic heterocycles. The van der Waals surface area contributed by atoms with Crippen molar-refractivity contribution in [3.05, 3.63) is 97.2 Å². The fourth-order valence-corrected chi connectivity index (χ4v) is 9.23. The summed E-state index contributed by atoms with van der Waals surface area (Å²) in [6, 6.07) is 0. The van der Waals surface area contributed by atoms with E-state index >= 15 is 0 Å². The Morgan fingerprint density at radius 1 is 0.273 bits per heavy atom. The third-order valence-corrected chi connectivity index (χ3v) is 14.1. The third kappa shape index (κ3) is 63.0. The van der Waals surface area contributed by atoms with Crippen molar-refractivity contribution >= 4 is 17.9 Å². The summed E-state index contributed by atoms with van der Waals surface area (Å²) in [5, 5.41) is 0. The second-order valence-electron chi connectivity index (χ2n) is 21.7. The maximum Gasteiger partial charge on any atom is 0.306 e. The van der Waals surface area contributed by atoms with Crippen LogP contribution in [0.25, 0.3) is 0 Å². The molecule has 0 aromatic heterocycles. The molecule has 0 rings (SSSR count). The van der Waals surface area contributed by atoms with Gasteiger partial charge in [-0.3, -0.25) is 14.4 Å². The van der Waals surface area contributed by atoms with E-state index in [1.807, 2.05) is 0 Å². The molecule has 1 atom stereocenters. The molecule has 77 heavy (non-hydrogen) atoms. The highest BCUT2D eigenvalue weighted by Crippen LogP contribution is 2.17. The standard InChI is InChI=1S/C71H122O6/c1-4-7-10-13-16-19-21-23-25-27-28-29-30-31-32-33-34-35-36-37-38-39-40-41-42-43-44-45-47-48-50-52-55-58-61-64-70(73)76-67-68(66-75-69(72)63-60-57-54-18-15-12-9-6-3)77-71(74)65-62-59-56-53-51-49-46-26-24-22-20-17-14-11-8-5-2/h7,10,16,19,23,25,28-29,31-32,34-35,37-38,40-41,68H,4-6,8-9,11-15,17-18,20-22,24,26-27,30,33,36,39,42-67H2,1-3H3/b10-7-,19-16-,25-23-,29-28-,32-31-,35-34-,38-37-,41-40-. The zero-order chi connectivity index (χ0) is 55.7. The Bertz CT molecular complexity index is 1510. The maximum atomic E-state index is 12.8. The average Bonchev–Trinajstić information content (AvgIpc) is 3.43. The minimum absolute atomic E-state index is 0.0734. The molecule has 6 nitrogen and oxygen atoms in total. The van der Waals surface area contributed by atoms with Gasteiger partial charge in [0.25, 0.3) is 0 Å². The largest absolute Gasteiger partial charge is 0.462 e. The fraction of sp³-hybridized carbons (Fsp3) is 0.732. The molecule has 1 unspecified atom stereocenters. The van der Waals surface area contributed by atoms with Crippen molar-refractivity contribution in [3.8, 4) is 0 Å². The van der Waals surface area contributed by atoms with Crippen LogP contribution in [0.4, 0.5) is 0 Å². The second kappa shape index (κ2) is 64.9. The molecule has 0 fully saturated rings. The number of rotatable bonds is 59. The molecular formula is C71H122O6. The van der Waals surface area contributed by atoms with Crippen LogP contribution in [0, 0.1) is 0 Å². The lowest BCUT2D eigenvalue weighted by Gasteiger charge is -2.18. The molecule has 0 aliphatic carbocycles. The Hall–Kier alpha value is -3.67. The number of allylic oxidation sites excluding steroid dienone is 16. The van der Waals surface area contributed by atoms with E-state index in [0.717, 1.165) is 109 Å². The van der Waals surface area contributed by atoms with E-state index in [1.54, 1.807) is 0 Å². The van der Waals surface area contributed by atoms with Crippen LogP contribution < -0.4 is 0 Å². The first kappa shape index (κ1) is 73.3. The average molecular weight is 1070 g/mol. The number of hydrogen-bond donors (Lipinski definition) is 0. The fourth-order valence-electron chi connectivity index (χ4n) is 9.23. The number of carbonyl (C=O) groups is 3. The van der Waals surface area contributed by atoms with Crippen molar-refractivity contribution in [2.75, 3.05) is 13.2 Å². The topological polar surface area (TPSA) is 78.9 Å². The summed E-state index contributed by atoms with van der Waals surface area (Å²) in [6.07, 6.45) is 87.2. The quantitative estimate of drug-likeness (QED) is 0.0261. The SMILES string of the molecule is CC/C=C\C/C=C\C/C=C\C/C=C\C/C=C\C/C=C\C/C=C\C/C=C\CCCCCCCCCCCCC(=O)OCC(COC(=O)CCCCCCCCCC)OC(=O)CCCCCCCCCCCCCCCCCC. The van der Waals surface area contributed by atoms with Crippen LogP contribution in [0.2, 0.25) is 0 Å². The number of hydrogen-bond acceptors (Lipinski definition) is 6. The molecule has 0 N–H and O–H groups in total. The number of ether oxygens (including phenoxy) is 3. The molecule has 0 aromatic carbocycles. The summed E-state index contributed by atoms with van der Waals surface area (Å²) >= 11 is 0. The van der Waals surface area contributed by atoms with Gasteiger partial charge >= 0.3 is 17.9 Å². The van der Waals surface area contributed by atoms with E-state index in [9.17, 15) is 14.4 Å². The predicted molar refractivity (Wildman–Crippen MR) is 334 cm³/mol. The van der Waals surface area contributed by atoms with Crippen molar-refractivity contribution in [3.63, 3.8) is 0 Å². The molecule has 0 aromatic rings. The Labute approximate surface area is 477 Å². The highest BCUT2D eigenvalue weighted by Gasteiger charge is 2.19. The van der Waals surface area contributed by atoms with Crippen molar-refractivity contribution in [1.29, 1.82) is 0 Å². The summed E-state index contributed by atoms with van der Waals surface area (Å²) < 4.78 is 16.9. The van der Waals surface area contributed by atoms with E-state index in [1.165, 1.54) is 167 Å². The first-order valence-corrected chi connectivity index (χ1v) is 32.7. The lowest BCUT2D eigenvalue weighted by atomic mass is 10.0. The van der Waals surface area contributed by atoms with Gasteiger partial charge in [-0.1, -0.05) is 311 Å². The normalized spacial score (nSPS) is 12.7. The lowest BCUT2D eigenvalue weighted by molar-refractivity contribution is -0.167. The first-order valence-electron chi connectivity index (χ1n) is 32.7. The molecule has 0 bridgehead atoms. The van der Waals surface area contributed by atoms with Gasteiger partial charge in [0.15, 0.2) is 6.10 Å². The molecular weight excluding hydrogens is 949 g/mol. The van der Waals surface area contributed by atoms with E-state index in [-0.39, 0.29) is 31.1 Å². The van der Waals surface area contributed by atoms with Crippen molar-refractivity contribution in [2.45, 2.75) is 322 Å². The lowest BCUT2D eigenvalue weighted by Crippen LogP contribution is -2.30. The third-order valence-electron chi connectivity index (χ3n) is 14.1. The highest BCUT2D eigenvalue weighted by atomic mass is 16.6. The van der Waals surface area contributed by atoms with Gasteiger partial charge in [0, 0.05) is 19.3 Å². The van der Waals surface area contributed by atoms with Crippen LogP contribution in [0.15, 0.2) is 97.2 Å². The number of esters is 3. The Morgan fingerprint density at radius 3 is 0.792 bits per heavy atom. The van der Waals surface area contributed by atoms with Gasteiger partial charge in [0.2, 0.25) is 0 Å². The summed E-state index contributed by atoms with van der Waals surface area (Å²) in [6.45, 7) is 6.52. The Kier molecular flexibility index (Phi) is 61.8. The molecule has 0 saturated heterocycles. The Balaban J connectivity index is 4.10. The molecule has 442 valence electrons. The zero-order valence-electron chi connectivity index (χ0n) is 50.7. The van der Waals surface area contributed by atoms with Gasteiger partial charge in [-0.2, -0.15) is 0 Å². The van der Waals surface area contributed by atoms with Crippen LogP contribution in [0.5, 0.6) is 0 Å². The smallest absolute Gasteiger partial charge is 0.306 e. The van der Waals surface area contributed by atoms with E-state index < -0.39 is 6.10 Å². The first-order chi connectivity index (χ1) is 38.0. The second-order valence-corrected chi connectivity index (χ2v) is 21.7. The van der Waals surface area contributed by atoms with Crippen LogP contribution in [0.3, 0.4) is 0 Å². The highest BCUT2D eigenvalue weighted by molar-refractivity contribution is 5.71. The minimum atomic E-state index is -0.774. The van der Waals surface area contributed by atoms with Gasteiger partial charge < -0.3 is 14.2 Å². The Morgan fingerprint density at radius 2 is 0.506 bits per heavy atom. The van der Waals surface area contributed by atoms with Gasteiger partial charge in [-0.05, 0) is 83.5 Å². The molecule has 0 aliphatic rings. The summed E-state index contributed by atoms with van der Waals surface area (Å²) in [4.78, 5) is 38.1. The van der Waals surface area contributed by atoms with E-state index in [2.05, 4.69) is 118 Å². The monoisotopic (exact) mass is 1070 g/mol. The van der Waals surface area contributed by atoms with Gasteiger partial charge in [-0.25, -0.2) is 0 Å². The molecule has 6 heteroatoms. The maximum absolute atomic E-state index is 12.8. The molecule has 0 radical (unpaired) electrons. The summed E-state index contributed by atoms with van der Waals surface area (Å²) in [5.74, 6) is -0.870. The van der Waals surface area contributed by atoms with Gasteiger partial charge in [-0.15, -0.1) is 0 Å². The molecule has 0 heterocycles. The minimum Gasteiger partial charge on any atom is -0.462 e. The zero-order valence-corrected chi connectivity index (χ0v) is 50.7. The van der Waals surface area contributed by atoms with Crippen LogP contribution in [-0.4, -0.2) is 37.2 Å². The number of carbonyl (C=O) groups excluding carboxylic acids is 3. The number of unbranched alkanes of at least 4 members (excludes halogenated alkanes) is 32. The van der Waals surface area contributed by atoms with Crippen LogP contribution in [0.1, 0.15) is 316 Å². The van der Waals surface area contributed by atoms with Gasteiger partial charge in [0.1, 0.15) is 13.2 Å². The van der Waals surface area contributed by atoms with Crippen molar-refractivity contribution in [1.82, 2.24) is 0 Å². The van der Waals surface area contributed by atoms with E-state index in [0.29, 0.717) is 19.3 Å². The summed E-state index contributed by atoms with van der Waals surface area (Å²) in [7, 11) is 0.